The normalized spacial score (nSPS) is 6.50. The summed E-state index contributed by atoms with van der Waals surface area (Å²) in [5.41, 5.74) is 0. The van der Waals surface area contributed by atoms with Crippen LogP contribution < -0.4 is 0 Å². The van der Waals surface area contributed by atoms with Crippen molar-refractivity contribution in [2.75, 3.05) is 0 Å². The molecule has 0 heterocycles. The molecule has 0 atom stereocenters. The van der Waals surface area contributed by atoms with Gasteiger partial charge >= 0.3 is 0 Å². The molecule has 3 radical (unpaired) electrons. The Morgan fingerprint density at radius 2 is 0.800 bits per heavy atom. The van der Waals surface area contributed by atoms with E-state index in [2.05, 4.69) is 69.3 Å². The van der Waals surface area contributed by atoms with Crippen molar-refractivity contribution in [3.05, 3.63) is 55.5 Å². The van der Waals surface area contributed by atoms with Gasteiger partial charge < -0.3 is 6.92 Å². The Hall–Kier alpha value is 2.01. The number of fused-ring (bicyclic) bond motifs is 1. The quantitative estimate of drug-likeness (QED) is 0.385. The maximum atomic E-state index is 3.25. The molecule has 0 aliphatic carbocycles. The van der Waals surface area contributed by atoms with Crippen molar-refractivity contribution in [1.82, 2.24) is 0 Å². The van der Waals surface area contributed by atoms with Gasteiger partial charge in [0.1, 0.15) is 0 Å². The first-order valence-electron chi connectivity index (χ1n) is 6.53. The zero-order valence-corrected chi connectivity index (χ0v) is 22.3. The summed E-state index contributed by atoms with van der Waals surface area (Å²) in [6, 6.07) is 16.7. The molecular weight excluding hydrogens is 471 g/mol. The second-order valence-electron chi connectivity index (χ2n) is 3.05. The molecular formula is C17H27Y3-. The molecule has 0 nitrogen and oxygen atoms in total. The molecule has 2 aromatic rings. The molecule has 0 aliphatic heterocycles. The zero-order valence-electron chi connectivity index (χ0n) is 13.8. The number of hydrogen-bond acceptors (Lipinski definition) is 0. The van der Waals surface area contributed by atoms with Gasteiger partial charge in [-0.3, -0.25) is 0 Å². The summed E-state index contributed by atoms with van der Waals surface area (Å²) in [6.07, 6.45) is 1.25. The SMILES string of the molecule is CC.CCC.[CH2-]C.[Y].[Y].[Y].c1ccc2ccccc2c1. The van der Waals surface area contributed by atoms with Crippen LogP contribution in [0.25, 0.3) is 10.8 Å². The molecule has 20 heavy (non-hydrogen) atoms. The molecule has 2 rings (SSSR count). The van der Waals surface area contributed by atoms with Crippen LogP contribution >= 0.6 is 0 Å². The predicted octanol–water partition coefficient (Wildman–Crippen LogP) is 6.12. The molecule has 0 spiro atoms. The van der Waals surface area contributed by atoms with E-state index >= 15 is 0 Å². The van der Waals surface area contributed by atoms with Crippen molar-refractivity contribution in [3.63, 3.8) is 0 Å². The molecule has 0 bridgehead atoms. The van der Waals surface area contributed by atoms with Crippen LogP contribution in [0.3, 0.4) is 0 Å². The third kappa shape index (κ3) is 18.1. The van der Waals surface area contributed by atoms with Crippen LogP contribution in [0.5, 0.6) is 0 Å². The molecule has 105 valence electrons. The average molecular weight is 498 g/mol. The third-order valence-corrected chi connectivity index (χ3v) is 1.66. The fraction of sp³-hybridized carbons (Fsp3) is 0.353. The van der Waals surface area contributed by atoms with Crippen LogP contribution in [0.2, 0.25) is 0 Å². The van der Waals surface area contributed by atoms with Crippen molar-refractivity contribution in [1.29, 1.82) is 0 Å². The van der Waals surface area contributed by atoms with Gasteiger partial charge in [-0.05, 0) is 10.8 Å². The van der Waals surface area contributed by atoms with Crippen LogP contribution in [0, 0.1) is 6.92 Å². The second-order valence-corrected chi connectivity index (χ2v) is 3.05. The summed E-state index contributed by atoms with van der Waals surface area (Å²) >= 11 is 0. The van der Waals surface area contributed by atoms with Crippen LogP contribution in [-0.2, 0) is 98.1 Å². The van der Waals surface area contributed by atoms with E-state index in [1.807, 2.05) is 13.8 Å². The summed E-state index contributed by atoms with van der Waals surface area (Å²) in [5.74, 6) is 0. The van der Waals surface area contributed by atoms with Gasteiger partial charge in [-0.25, -0.2) is 0 Å². The topological polar surface area (TPSA) is 0 Å². The fourth-order valence-electron chi connectivity index (χ4n) is 1.13. The van der Waals surface area contributed by atoms with Gasteiger partial charge in [-0.2, -0.15) is 6.92 Å². The average Bonchev–Trinajstić information content (AvgIpc) is 2.44. The monoisotopic (exact) mass is 498 g/mol. The van der Waals surface area contributed by atoms with Gasteiger partial charge in [-0.15, -0.1) is 0 Å². The van der Waals surface area contributed by atoms with E-state index in [9.17, 15) is 0 Å². The van der Waals surface area contributed by atoms with E-state index < -0.39 is 0 Å². The minimum Gasteiger partial charge on any atom is -0.346 e. The minimum absolute atomic E-state index is 0. The number of benzene rings is 2. The van der Waals surface area contributed by atoms with Crippen LogP contribution in [0.15, 0.2) is 48.5 Å². The fourth-order valence-corrected chi connectivity index (χ4v) is 1.13. The second kappa shape index (κ2) is 29.1. The Kier molecular flexibility index (Phi) is 48.8. The molecule has 0 aromatic heterocycles. The number of rotatable bonds is 0. The van der Waals surface area contributed by atoms with E-state index in [0.29, 0.717) is 0 Å². The third-order valence-electron chi connectivity index (χ3n) is 1.66. The summed E-state index contributed by atoms with van der Waals surface area (Å²) in [7, 11) is 0. The van der Waals surface area contributed by atoms with E-state index in [1.54, 1.807) is 6.92 Å². The molecule has 0 amide bonds. The Bertz CT molecular complexity index is 296. The molecule has 0 saturated carbocycles. The molecule has 0 saturated heterocycles. The molecule has 0 aliphatic rings. The van der Waals surface area contributed by atoms with E-state index in [1.165, 1.54) is 17.2 Å². The molecule has 2 aromatic carbocycles. The first kappa shape index (κ1) is 33.6. The van der Waals surface area contributed by atoms with Gasteiger partial charge in [0.25, 0.3) is 0 Å². The van der Waals surface area contributed by atoms with E-state index in [4.69, 9.17) is 0 Å². The Morgan fingerprint density at radius 1 is 0.650 bits per heavy atom. The first-order valence-corrected chi connectivity index (χ1v) is 6.53. The minimum atomic E-state index is 0. The Balaban J connectivity index is -0.0000000664. The van der Waals surface area contributed by atoms with Crippen molar-refractivity contribution in [2.45, 2.75) is 41.0 Å². The van der Waals surface area contributed by atoms with Crippen molar-refractivity contribution >= 4 is 10.8 Å². The zero-order chi connectivity index (χ0) is 13.5. The van der Waals surface area contributed by atoms with Crippen molar-refractivity contribution < 1.29 is 98.1 Å². The first-order chi connectivity index (χ1) is 8.38. The van der Waals surface area contributed by atoms with Gasteiger partial charge in [0.15, 0.2) is 0 Å². The summed E-state index contributed by atoms with van der Waals surface area (Å²) in [5, 5.41) is 2.62. The largest absolute Gasteiger partial charge is 0.346 e. The van der Waals surface area contributed by atoms with Crippen molar-refractivity contribution in [3.8, 4) is 0 Å². The molecule has 0 unspecified atom stereocenters. The summed E-state index contributed by atoms with van der Waals surface area (Å²) < 4.78 is 0. The smallest absolute Gasteiger partial charge is 0 e. The summed E-state index contributed by atoms with van der Waals surface area (Å²) in [4.78, 5) is 0. The standard InChI is InChI=1S/C10H8.C3H8.C2H6.C2H5.3Y/c1-2-6-10-8-4-3-7-9(10)5-1;1-3-2;2*1-2;;;/h1-8H;3H2,1-2H3;1-2H3;1H2,2H3;;;/q;;;-1;;;. The molecule has 0 fully saturated rings. The number of hydrogen-bond donors (Lipinski definition) is 0. The Labute approximate surface area is 202 Å². The molecule has 0 N–H and O–H groups in total. The maximum absolute atomic E-state index is 3.25. The maximum Gasteiger partial charge on any atom is 0 e. The Morgan fingerprint density at radius 3 is 0.950 bits per heavy atom. The predicted molar refractivity (Wildman–Crippen MR) is 82.3 cm³/mol. The molecule has 3 heteroatoms. The van der Waals surface area contributed by atoms with Gasteiger partial charge in [0.2, 0.25) is 0 Å². The van der Waals surface area contributed by atoms with Crippen LogP contribution in [-0.4, -0.2) is 0 Å². The van der Waals surface area contributed by atoms with Crippen LogP contribution in [0.4, 0.5) is 0 Å². The summed E-state index contributed by atoms with van der Waals surface area (Å²) in [6.45, 7) is 13.2. The van der Waals surface area contributed by atoms with Gasteiger partial charge in [0.05, 0.1) is 0 Å². The van der Waals surface area contributed by atoms with Gasteiger partial charge in [0, 0.05) is 98.1 Å². The van der Waals surface area contributed by atoms with E-state index in [0.717, 1.165) is 0 Å². The van der Waals surface area contributed by atoms with E-state index in [-0.39, 0.29) is 98.1 Å². The van der Waals surface area contributed by atoms with Gasteiger partial charge in [-0.1, -0.05) is 82.6 Å². The van der Waals surface area contributed by atoms with Crippen molar-refractivity contribution in [2.24, 2.45) is 0 Å². The van der Waals surface area contributed by atoms with Crippen LogP contribution in [0.1, 0.15) is 41.0 Å².